The van der Waals surface area contributed by atoms with Crippen molar-refractivity contribution in [2.75, 3.05) is 5.32 Å². The van der Waals surface area contributed by atoms with Crippen molar-refractivity contribution in [3.63, 3.8) is 0 Å². The van der Waals surface area contributed by atoms with Gasteiger partial charge in [-0.05, 0) is 42.7 Å². The van der Waals surface area contributed by atoms with E-state index in [4.69, 9.17) is 0 Å². The normalized spacial score (nSPS) is 10.5. The number of hydrogen-bond donors (Lipinski definition) is 1. The summed E-state index contributed by atoms with van der Waals surface area (Å²) in [5.74, 6) is 0. The molecule has 0 atom stereocenters. The monoisotopic (exact) mass is 245 g/mol. The predicted molar refractivity (Wildman–Crippen MR) is 76.8 cm³/mol. The smallest absolute Gasteiger partial charge is 0.0494 e. The maximum atomic E-state index is 3.46. The lowest BCUT2D eigenvalue weighted by Gasteiger charge is -2.05. The van der Waals surface area contributed by atoms with Gasteiger partial charge in [0.15, 0.2) is 0 Å². The van der Waals surface area contributed by atoms with Crippen molar-refractivity contribution in [2.24, 2.45) is 0 Å². The van der Waals surface area contributed by atoms with Gasteiger partial charge in [0.25, 0.3) is 0 Å². The quantitative estimate of drug-likeness (QED) is 0.818. The minimum absolute atomic E-state index is 0.927. The molecule has 0 aliphatic carbocycles. The summed E-state index contributed by atoms with van der Waals surface area (Å²) in [6, 6.07) is 13.1. The van der Waals surface area contributed by atoms with Gasteiger partial charge in [0.05, 0.1) is 0 Å². The van der Waals surface area contributed by atoms with Crippen LogP contribution in [0.5, 0.6) is 0 Å². The SMILES string of the molecule is CCc1ccc(NCc2ccc(CC)s2)cc1. The average molecular weight is 245 g/mol. The molecule has 17 heavy (non-hydrogen) atoms. The van der Waals surface area contributed by atoms with E-state index in [2.05, 4.69) is 55.6 Å². The van der Waals surface area contributed by atoms with Crippen LogP contribution in [0.3, 0.4) is 0 Å². The Morgan fingerprint density at radius 3 is 2.18 bits per heavy atom. The average Bonchev–Trinajstić information content (AvgIpc) is 2.85. The van der Waals surface area contributed by atoms with Gasteiger partial charge in [0.2, 0.25) is 0 Å². The highest BCUT2D eigenvalue weighted by molar-refractivity contribution is 7.12. The van der Waals surface area contributed by atoms with E-state index in [-0.39, 0.29) is 0 Å². The highest BCUT2D eigenvalue weighted by Crippen LogP contribution is 2.18. The van der Waals surface area contributed by atoms with Crippen molar-refractivity contribution in [1.29, 1.82) is 0 Å². The lowest BCUT2D eigenvalue weighted by atomic mass is 10.1. The molecule has 1 heterocycles. The summed E-state index contributed by atoms with van der Waals surface area (Å²) in [6.45, 7) is 5.31. The standard InChI is InChI=1S/C15H19NS/c1-3-12-5-7-13(8-6-12)16-11-15-10-9-14(4-2)17-15/h5-10,16H,3-4,11H2,1-2H3. The summed E-state index contributed by atoms with van der Waals surface area (Å²) in [5, 5.41) is 3.46. The topological polar surface area (TPSA) is 12.0 Å². The van der Waals surface area contributed by atoms with Gasteiger partial charge in [0, 0.05) is 22.0 Å². The molecule has 1 aromatic heterocycles. The van der Waals surface area contributed by atoms with Crippen LogP contribution in [0.4, 0.5) is 5.69 Å². The second-order valence-electron chi connectivity index (χ2n) is 4.13. The van der Waals surface area contributed by atoms with E-state index in [9.17, 15) is 0 Å². The Morgan fingerprint density at radius 2 is 1.59 bits per heavy atom. The molecule has 2 rings (SSSR count). The van der Waals surface area contributed by atoms with Gasteiger partial charge in [-0.15, -0.1) is 11.3 Å². The minimum Gasteiger partial charge on any atom is -0.380 e. The number of anilines is 1. The van der Waals surface area contributed by atoms with E-state index in [1.165, 1.54) is 21.0 Å². The fourth-order valence-corrected chi connectivity index (χ4v) is 2.65. The third-order valence-electron chi connectivity index (χ3n) is 2.89. The number of rotatable bonds is 5. The zero-order valence-electron chi connectivity index (χ0n) is 10.5. The van der Waals surface area contributed by atoms with Crippen LogP contribution in [0.25, 0.3) is 0 Å². The first-order valence-corrected chi connectivity index (χ1v) is 7.04. The molecule has 0 spiro atoms. The molecule has 2 heteroatoms. The number of hydrogen-bond acceptors (Lipinski definition) is 2. The molecule has 0 amide bonds. The Hall–Kier alpha value is -1.28. The highest BCUT2D eigenvalue weighted by atomic mass is 32.1. The van der Waals surface area contributed by atoms with Crippen LogP contribution in [0.2, 0.25) is 0 Å². The second kappa shape index (κ2) is 5.87. The first kappa shape index (κ1) is 12.2. The molecule has 2 aromatic rings. The number of benzene rings is 1. The summed E-state index contributed by atoms with van der Waals surface area (Å²) >= 11 is 1.90. The van der Waals surface area contributed by atoms with Crippen LogP contribution in [0.15, 0.2) is 36.4 Å². The number of nitrogens with one attached hydrogen (secondary N) is 1. The van der Waals surface area contributed by atoms with E-state index in [1.807, 2.05) is 11.3 Å². The van der Waals surface area contributed by atoms with Crippen molar-refractivity contribution in [2.45, 2.75) is 33.2 Å². The molecule has 0 saturated carbocycles. The molecule has 0 fully saturated rings. The van der Waals surface area contributed by atoms with Crippen LogP contribution in [0, 0.1) is 0 Å². The van der Waals surface area contributed by atoms with Crippen molar-refractivity contribution in [3.8, 4) is 0 Å². The third kappa shape index (κ3) is 3.34. The molecule has 0 bridgehead atoms. The molecule has 1 N–H and O–H groups in total. The molecule has 0 unspecified atom stereocenters. The Morgan fingerprint density at radius 1 is 0.882 bits per heavy atom. The summed E-state index contributed by atoms with van der Waals surface area (Å²) in [7, 11) is 0. The van der Waals surface area contributed by atoms with Gasteiger partial charge in [0.1, 0.15) is 0 Å². The fourth-order valence-electron chi connectivity index (χ4n) is 1.75. The lowest BCUT2D eigenvalue weighted by molar-refractivity contribution is 1.13. The molecule has 0 aliphatic rings. The lowest BCUT2D eigenvalue weighted by Crippen LogP contribution is -1.97. The summed E-state index contributed by atoms with van der Waals surface area (Å²) < 4.78 is 0. The van der Waals surface area contributed by atoms with E-state index >= 15 is 0 Å². The number of aryl methyl sites for hydroxylation is 2. The van der Waals surface area contributed by atoms with Crippen LogP contribution >= 0.6 is 11.3 Å². The number of thiophene rings is 1. The molecule has 90 valence electrons. The van der Waals surface area contributed by atoms with Gasteiger partial charge in [-0.3, -0.25) is 0 Å². The zero-order valence-corrected chi connectivity index (χ0v) is 11.3. The van der Waals surface area contributed by atoms with Gasteiger partial charge in [-0.2, -0.15) is 0 Å². The van der Waals surface area contributed by atoms with Crippen molar-refractivity contribution in [1.82, 2.24) is 0 Å². The van der Waals surface area contributed by atoms with E-state index < -0.39 is 0 Å². The van der Waals surface area contributed by atoms with Gasteiger partial charge in [-0.25, -0.2) is 0 Å². The largest absolute Gasteiger partial charge is 0.380 e. The Kier molecular flexibility index (Phi) is 4.21. The fraction of sp³-hybridized carbons (Fsp3) is 0.333. The second-order valence-corrected chi connectivity index (χ2v) is 5.38. The molecule has 1 aromatic carbocycles. The van der Waals surface area contributed by atoms with Gasteiger partial charge >= 0.3 is 0 Å². The summed E-state index contributed by atoms with van der Waals surface area (Å²) in [4.78, 5) is 2.87. The third-order valence-corrected chi connectivity index (χ3v) is 4.12. The summed E-state index contributed by atoms with van der Waals surface area (Å²) in [5.41, 5.74) is 2.59. The first-order valence-electron chi connectivity index (χ1n) is 6.22. The van der Waals surface area contributed by atoms with Crippen molar-refractivity contribution < 1.29 is 0 Å². The predicted octanol–water partition coefficient (Wildman–Crippen LogP) is 4.49. The summed E-state index contributed by atoms with van der Waals surface area (Å²) in [6.07, 6.45) is 2.24. The van der Waals surface area contributed by atoms with Crippen LogP contribution in [0.1, 0.15) is 29.2 Å². The molecule has 0 radical (unpaired) electrons. The maximum absolute atomic E-state index is 3.46. The van der Waals surface area contributed by atoms with E-state index in [0.717, 1.165) is 19.4 Å². The zero-order chi connectivity index (χ0) is 12.1. The van der Waals surface area contributed by atoms with Gasteiger partial charge < -0.3 is 5.32 Å². The molecule has 0 aliphatic heterocycles. The van der Waals surface area contributed by atoms with Crippen LogP contribution in [-0.2, 0) is 19.4 Å². The minimum atomic E-state index is 0.927. The first-order chi connectivity index (χ1) is 8.31. The van der Waals surface area contributed by atoms with Crippen LogP contribution < -0.4 is 5.32 Å². The van der Waals surface area contributed by atoms with Crippen LogP contribution in [-0.4, -0.2) is 0 Å². The Balaban J connectivity index is 1.92. The highest BCUT2D eigenvalue weighted by Gasteiger charge is 1.98. The maximum Gasteiger partial charge on any atom is 0.0494 e. The molecule has 0 saturated heterocycles. The Labute approximate surface area is 108 Å². The van der Waals surface area contributed by atoms with Gasteiger partial charge in [-0.1, -0.05) is 26.0 Å². The van der Waals surface area contributed by atoms with Crippen molar-refractivity contribution in [3.05, 3.63) is 51.7 Å². The van der Waals surface area contributed by atoms with Crippen molar-refractivity contribution >= 4 is 17.0 Å². The molecule has 1 nitrogen and oxygen atoms in total. The molecular formula is C15H19NS. The molecular weight excluding hydrogens is 226 g/mol. The Bertz CT molecular complexity index is 456. The van der Waals surface area contributed by atoms with E-state index in [1.54, 1.807) is 0 Å². The van der Waals surface area contributed by atoms with E-state index in [0.29, 0.717) is 0 Å².